The van der Waals surface area contributed by atoms with Crippen LogP contribution in [0, 0.1) is 0 Å². The van der Waals surface area contributed by atoms with Gasteiger partial charge in [0.2, 0.25) is 0 Å². The van der Waals surface area contributed by atoms with E-state index in [9.17, 15) is 4.79 Å². The first-order valence-corrected chi connectivity index (χ1v) is 8.35. The molecule has 0 spiro atoms. The SMILES string of the molecule is O=c1n(CCCc2nc(CCl)cs2)nc2n1CCCC2. The molecule has 0 atom stereocenters. The number of alkyl halides is 1. The van der Waals surface area contributed by atoms with Crippen LogP contribution in [-0.2, 0) is 31.8 Å². The van der Waals surface area contributed by atoms with Crippen molar-refractivity contribution in [3.8, 4) is 0 Å². The van der Waals surface area contributed by atoms with E-state index in [1.165, 1.54) is 0 Å². The fourth-order valence-corrected chi connectivity index (χ4v) is 3.57. The van der Waals surface area contributed by atoms with Crippen LogP contribution >= 0.6 is 22.9 Å². The maximum Gasteiger partial charge on any atom is 0.345 e. The minimum absolute atomic E-state index is 0.0419. The molecule has 0 fully saturated rings. The van der Waals surface area contributed by atoms with Gasteiger partial charge >= 0.3 is 5.69 Å². The van der Waals surface area contributed by atoms with Crippen LogP contribution < -0.4 is 5.69 Å². The summed E-state index contributed by atoms with van der Waals surface area (Å²) in [5.74, 6) is 1.41. The number of aryl methyl sites for hydroxylation is 3. The molecule has 0 radical (unpaired) electrons. The van der Waals surface area contributed by atoms with Gasteiger partial charge in [-0.3, -0.25) is 4.57 Å². The molecule has 0 amide bonds. The van der Waals surface area contributed by atoms with Crippen molar-refractivity contribution >= 4 is 22.9 Å². The molecule has 3 rings (SSSR count). The molecule has 0 unspecified atom stereocenters. The number of hydrogen-bond donors (Lipinski definition) is 0. The van der Waals surface area contributed by atoms with Crippen molar-refractivity contribution in [2.45, 2.75) is 51.1 Å². The summed E-state index contributed by atoms with van der Waals surface area (Å²) in [5, 5.41) is 7.50. The molecule has 0 N–H and O–H groups in total. The molecule has 0 aliphatic carbocycles. The second-order valence-electron chi connectivity index (χ2n) is 5.00. The summed E-state index contributed by atoms with van der Waals surface area (Å²) in [6.07, 6.45) is 4.89. The van der Waals surface area contributed by atoms with Crippen LogP contribution in [0.1, 0.15) is 35.8 Å². The van der Waals surface area contributed by atoms with Gasteiger partial charge in [0.1, 0.15) is 5.82 Å². The zero-order chi connectivity index (χ0) is 13.9. The molecule has 0 saturated carbocycles. The highest BCUT2D eigenvalue weighted by Gasteiger charge is 2.16. The van der Waals surface area contributed by atoms with Gasteiger partial charge in [0.15, 0.2) is 0 Å². The number of fused-ring (bicyclic) bond motifs is 1. The lowest BCUT2D eigenvalue weighted by molar-refractivity contribution is 0.509. The van der Waals surface area contributed by atoms with E-state index in [1.54, 1.807) is 16.0 Å². The van der Waals surface area contributed by atoms with Crippen molar-refractivity contribution < 1.29 is 0 Å². The lowest BCUT2D eigenvalue weighted by Crippen LogP contribution is -2.27. The fraction of sp³-hybridized carbons (Fsp3) is 0.615. The maximum absolute atomic E-state index is 12.1. The summed E-state index contributed by atoms with van der Waals surface area (Å²) in [6, 6.07) is 0. The van der Waals surface area contributed by atoms with Crippen LogP contribution in [0.15, 0.2) is 10.2 Å². The Morgan fingerprint density at radius 2 is 2.30 bits per heavy atom. The summed E-state index contributed by atoms with van der Waals surface area (Å²) in [4.78, 5) is 16.6. The standard InChI is InChI=1S/C13H17ClN4OS/c14-8-10-9-20-12(15-10)5-3-7-18-13(19)17-6-2-1-4-11(17)16-18/h9H,1-8H2. The zero-order valence-corrected chi connectivity index (χ0v) is 12.8. The van der Waals surface area contributed by atoms with Crippen LogP contribution in [0.25, 0.3) is 0 Å². The number of rotatable bonds is 5. The molecule has 7 heteroatoms. The summed E-state index contributed by atoms with van der Waals surface area (Å²) in [7, 11) is 0. The van der Waals surface area contributed by atoms with E-state index < -0.39 is 0 Å². The van der Waals surface area contributed by atoms with E-state index in [4.69, 9.17) is 11.6 Å². The Kier molecular flexibility index (Phi) is 4.21. The molecular weight excluding hydrogens is 296 g/mol. The quantitative estimate of drug-likeness (QED) is 0.795. The molecule has 0 aromatic carbocycles. The molecule has 3 heterocycles. The number of hydrogen-bond acceptors (Lipinski definition) is 4. The summed E-state index contributed by atoms with van der Waals surface area (Å²) in [5.41, 5.74) is 0.974. The third-order valence-electron chi connectivity index (χ3n) is 3.53. The van der Waals surface area contributed by atoms with Gasteiger partial charge in [0.05, 0.1) is 16.6 Å². The maximum atomic E-state index is 12.1. The smallest absolute Gasteiger partial charge is 0.279 e. The summed E-state index contributed by atoms with van der Waals surface area (Å²) >= 11 is 7.37. The predicted molar refractivity (Wildman–Crippen MR) is 79.4 cm³/mol. The molecule has 0 bridgehead atoms. The van der Waals surface area contributed by atoms with Gasteiger partial charge < -0.3 is 0 Å². The van der Waals surface area contributed by atoms with Gasteiger partial charge in [-0.1, -0.05) is 0 Å². The second-order valence-corrected chi connectivity index (χ2v) is 6.21. The van der Waals surface area contributed by atoms with Gasteiger partial charge in [-0.25, -0.2) is 14.5 Å². The highest BCUT2D eigenvalue weighted by atomic mass is 35.5. The third kappa shape index (κ3) is 2.81. The van der Waals surface area contributed by atoms with E-state index in [0.717, 1.165) is 55.2 Å². The topological polar surface area (TPSA) is 52.7 Å². The van der Waals surface area contributed by atoms with E-state index in [-0.39, 0.29) is 5.69 Å². The van der Waals surface area contributed by atoms with E-state index in [0.29, 0.717) is 12.4 Å². The number of aromatic nitrogens is 4. The minimum Gasteiger partial charge on any atom is -0.279 e. The molecule has 1 aliphatic rings. The van der Waals surface area contributed by atoms with E-state index in [1.807, 2.05) is 9.95 Å². The van der Waals surface area contributed by atoms with E-state index >= 15 is 0 Å². The Hall–Kier alpha value is -1.14. The Morgan fingerprint density at radius 3 is 3.05 bits per heavy atom. The Labute approximate surface area is 126 Å². The fourth-order valence-electron chi connectivity index (χ4n) is 2.50. The predicted octanol–water partition coefficient (Wildman–Crippen LogP) is 2.21. The van der Waals surface area contributed by atoms with Crippen molar-refractivity contribution in [2.75, 3.05) is 0 Å². The Bertz CT molecular complexity index is 645. The van der Waals surface area contributed by atoms with Crippen molar-refractivity contribution in [1.29, 1.82) is 0 Å². The van der Waals surface area contributed by atoms with Gasteiger partial charge in [0, 0.05) is 31.3 Å². The Morgan fingerprint density at radius 1 is 1.40 bits per heavy atom. The number of halogens is 1. The van der Waals surface area contributed by atoms with Crippen molar-refractivity contribution in [3.05, 3.63) is 32.4 Å². The van der Waals surface area contributed by atoms with Gasteiger partial charge in [-0.05, 0) is 19.3 Å². The minimum atomic E-state index is 0.0419. The van der Waals surface area contributed by atoms with Crippen LogP contribution in [-0.4, -0.2) is 19.3 Å². The zero-order valence-electron chi connectivity index (χ0n) is 11.2. The largest absolute Gasteiger partial charge is 0.345 e. The monoisotopic (exact) mass is 312 g/mol. The number of thiazole rings is 1. The molecule has 2 aromatic rings. The first-order valence-electron chi connectivity index (χ1n) is 6.93. The second kappa shape index (κ2) is 6.10. The molecule has 1 aliphatic heterocycles. The van der Waals surface area contributed by atoms with Gasteiger partial charge in [-0.2, -0.15) is 5.10 Å². The molecule has 0 saturated heterocycles. The Balaban J connectivity index is 1.61. The molecule has 108 valence electrons. The number of nitrogens with zero attached hydrogens (tertiary/aromatic N) is 4. The van der Waals surface area contributed by atoms with Gasteiger partial charge in [-0.15, -0.1) is 22.9 Å². The van der Waals surface area contributed by atoms with Crippen LogP contribution in [0.5, 0.6) is 0 Å². The van der Waals surface area contributed by atoms with Crippen LogP contribution in [0.3, 0.4) is 0 Å². The highest BCUT2D eigenvalue weighted by Crippen LogP contribution is 2.14. The first kappa shape index (κ1) is 13.8. The van der Waals surface area contributed by atoms with Gasteiger partial charge in [0.25, 0.3) is 0 Å². The summed E-state index contributed by atoms with van der Waals surface area (Å²) < 4.78 is 3.43. The normalized spacial score (nSPS) is 14.4. The molecular formula is C13H17ClN4OS. The third-order valence-corrected chi connectivity index (χ3v) is 4.76. The van der Waals surface area contributed by atoms with Crippen LogP contribution in [0.4, 0.5) is 0 Å². The average Bonchev–Trinajstić information content (AvgIpc) is 3.05. The molecule has 20 heavy (non-hydrogen) atoms. The average molecular weight is 313 g/mol. The van der Waals surface area contributed by atoms with Crippen molar-refractivity contribution in [1.82, 2.24) is 19.3 Å². The summed E-state index contributed by atoms with van der Waals surface area (Å²) in [6.45, 7) is 1.48. The lowest BCUT2D eigenvalue weighted by Gasteiger charge is -2.09. The molecule has 2 aromatic heterocycles. The van der Waals surface area contributed by atoms with Crippen molar-refractivity contribution in [3.63, 3.8) is 0 Å². The molecule has 5 nitrogen and oxygen atoms in total. The first-order chi connectivity index (χ1) is 9.78. The van der Waals surface area contributed by atoms with Crippen molar-refractivity contribution in [2.24, 2.45) is 0 Å². The van der Waals surface area contributed by atoms with Crippen LogP contribution in [0.2, 0.25) is 0 Å². The lowest BCUT2D eigenvalue weighted by atomic mass is 10.2. The highest BCUT2D eigenvalue weighted by molar-refractivity contribution is 7.09. The van der Waals surface area contributed by atoms with E-state index in [2.05, 4.69) is 10.1 Å².